The molecule has 0 unspecified atom stereocenters. The lowest BCUT2D eigenvalue weighted by molar-refractivity contribution is -0.117. The van der Waals surface area contributed by atoms with E-state index >= 15 is 0 Å². The van der Waals surface area contributed by atoms with Crippen LogP contribution in [0.5, 0.6) is 11.5 Å². The van der Waals surface area contributed by atoms with Crippen molar-refractivity contribution in [2.45, 2.75) is 33.3 Å². The van der Waals surface area contributed by atoms with E-state index in [0.29, 0.717) is 34.4 Å². The van der Waals surface area contributed by atoms with Crippen molar-refractivity contribution in [1.82, 2.24) is 5.43 Å². The Balaban J connectivity index is 1.95. The van der Waals surface area contributed by atoms with Crippen molar-refractivity contribution >= 4 is 35.2 Å². The van der Waals surface area contributed by atoms with E-state index in [1.807, 2.05) is 26.8 Å². The summed E-state index contributed by atoms with van der Waals surface area (Å²) in [5, 5.41) is 1.58. The molecule has 7 heteroatoms. The molecule has 6 nitrogen and oxygen atoms in total. The van der Waals surface area contributed by atoms with Crippen molar-refractivity contribution < 1.29 is 19.1 Å². The predicted octanol–water partition coefficient (Wildman–Crippen LogP) is 4.38. The van der Waals surface area contributed by atoms with Crippen LogP contribution in [-0.2, 0) is 9.59 Å². The number of para-hydroxylation sites is 1. The van der Waals surface area contributed by atoms with Gasteiger partial charge in [0.1, 0.15) is 5.57 Å². The summed E-state index contributed by atoms with van der Waals surface area (Å²) in [6.45, 7) is 6.24. The topological polar surface area (TPSA) is 67.9 Å². The zero-order valence-corrected chi connectivity index (χ0v) is 17.3. The minimum Gasteiger partial charge on any atom is -0.490 e. The first-order chi connectivity index (χ1) is 13.9. The SMILES string of the molecule is CCOc1cc(/C=C2/C(=O)NN(c3ccccc3)C2=O)cc(Cl)c1O[C@@H](C)CC. The molecule has 0 saturated carbocycles. The maximum Gasteiger partial charge on any atom is 0.282 e. The first-order valence-corrected chi connectivity index (χ1v) is 9.87. The molecule has 1 aliphatic heterocycles. The number of nitrogens with one attached hydrogen (secondary N) is 1. The summed E-state index contributed by atoms with van der Waals surface area (Å²) in [5.41, 5.74) is 3.75. The highest BCUT2D eigenvalue weighted by Gasteiger charge is 2.34. The molecular weight excluding hydrogens is 392 g/mol. The first-order valence-electron chi connectivity index (χ1n) is 9.49. The standard InChI is InChI=1S/C22H23ClN2O4/c1-4-14(3)29-20-18(23)12-15(13-19(20)28-5-2)11-17-21(26)24-25(22(17)27)16-9-7-6-8-10-16/h6-14H,4-5H2,1-3H3,(H,24,26)/b17-11-/t14-/m0/s1. The summed E-state index contributed by atoms with van der Waals surface area (Å²) < 4.78 is 11.6. The van der Waals surface area contributed by atoms with Gasteiger partial charge in [-0.1, -0.05) is 36.7 Å². The molecule has 1 heterocycles. The highest BCUT2D eigenvalue weighted by molar-refractivity contribution is 6.33. The average Bonchev–Trinajstić information content (AvgIpc) is 2.99. The number of carbonyl (C=O) groups excluding carboxylic acids is 2. The molecule has 1 aliphatic rings. The number of carbonyl (C=O) groups is 2. The number of anilines is 1. The van der Waals surface area contributed by atoms with E-state index in [1.54, 1.807) is 36.4 Å². The van der Waals surface area contributed by atoms with Gasteiger partial charge in [-0.25, -0.2) is 5.01 Å². The first kappa shape index (κ1) is 20.7. The highest BCUT2D eigenvalue weighted by Crippen LogP contribution is 2.38. The lowest BCUT2D eigenvalue weighted by Gasteiger charge is -2.18. The van der Waals surface area contributed by atoms with E-state index in [1.165, 1.54) is 11.1 Å². The fourth-order valence-electron chi connectivity index (χ4n) is 2.82. The van der Waals surface area contributed by atoms with Crippen molar-refractivity contribution in [3.63, 3.8) is 0 Å². The number of hydrazine groups is 1. The molecule has 0 aliphatic carbocycles. The van der Waals surface area contributed by atoms with Crippen molar-refractivity contribution in [1.29, 1.82) is 0 Å². The van der Waals surface area contributed by atoms with Gasteiger partial charge in [0, 0.05) is 0 Å². The number of ether oxygens (including phenoxy) is 2. The molecule has 2 aromatic carbocycles. The van der Waals surface area contributed by atoms with Gasteiger partial charge in [-0.15, -0.1) is 0 Å². The summed E-state index contributed by atoms with van der Waals surface area (Å²) in [6.07, 6.45) is 2.29. The van der Waals surface area contributed by atoms with Crippen LogP contribution in [0.1, 0.15) is 32.8 Å². The van der Waals surface area contributed by atoms with Crippen LogP contribution in [0.3, 0.4) is 0 Å². The zero-order chi connectivity index (χ0) is 21.0. The van der Waals surface area contributed by atoms with Crippen LogP contribution in [0, 0.1) is 0 Å². The molecule has 2 aromatic rings. The van der Waals surface area contributed by atoms with Crippen LogP contribution in [0.25, 0.3) is 6.08 Å². The largest absolute Gasteiger partial charge is 0.490 e. The molecule has 29 heavy (non-hydrogen) atoms. The quantitative estimate of drug-likeness (QED) is 0.539. The Morgan fingerprint density at radius 3 is 2.55 bits per heavy atom. The smallest absolute Gasteiger partial charge is 0.282 e. The monoisotopic (exact) mass is 414 g/mol. The lowest BCUT2D eigenvalue weighted by atomic mass is 10.1. The Morgan fingerprint density at radius 2 is 1.90 bits per heavy atom. The van der Waals surface area contributed by atoms with Crippen LogP contribution in [0.15, 0.2) is 48.0 Å². The lowest BCUT2D eigenvalue weighted by Crippen LogP contribution is -2.35. The van der Waals surface area contributed by atoms with E-state index in [4.69, 9.17) is 21.1 Å². The normalized spacial score (nSPS) is 16.1. The molecule has 1 saturated heterocycles. The molecule has 0 radical (unpaired) electrons. The molecular formula is C22H23ClN2O4. The maximum absolute atomic E-state index is 12.8. The third-order valence-corrected chi connectivity index (χ3v) is 4.72. The van der Waals surface area contributed by atoms with E-state index in [0.717, 1.165) is 6.42 Å². The molecule has 152 valence electrons. The van der Waals surface area contributed by atoms with Crippen LogP contribution in [0.4, 0.5) is 5.69 Å². The number of hydrogen-bond donors (Lipinski definition) is 1. The molecule has 3 rings (SSSR count). The second-order valence-corrected chi connectivity index (χ2v) is 6.98. The third kappa shape index (κ3) is 4.54. The Morgan fingerprint density at radius 1 is 1.17 bits per heavy atom. The van der Waals surface area contributed by atoms with Gasteiger partial charge < -0.3 is 9.47 Å². The number of rotatable bonds is 7. The second kappa shape index (κ2) is 9.01. The summed E-state index contributed by atoms with van der Waals surface area (Å²) in [4.78, 5) is 25.1. The summed E-state index contributed by atoms with van der Waals surface area (Å²) >= 11 is 6.42. The zero-order valence-electron chi connectivity index (χ0n) is 16.6. The predicted molar refractivity (Wildman–Crippen MR) is 113 cm³/mol. The van der Waals surface area contributed by atoms with E-state index < -0.39 is 11.8 Å². The van der Waals surface area contributed by atoms with E-state index in [-0.39, 0.29) is 11.7 Å². The molecule has 0 aromatic heterocycles. The second-order valence-electron chi connectivity index (χ2n) is 6.57. The van der Waals surface area contributed by atoms with Gasteiger partial charge in [0.25, 0.3) is 11.8 Å². The summed E-state index contributed by atoms with van der Waals surface area (Å²) in [6, 6.07) is 12.3. The van der Waals surface area contributed by atoms with Crippen molar-refractivity contribution in [2.75, 3.05) is 11.6 Å². The number of hydrogen-bond acceptors (Lipinski definition) is 4. The van der Waals surface area contributed by atoms with Crippen LogP contribution >= 0.6 is 11.6 Å². The fraction of sp³-hybridized carbons (Fsp3) is 0.273. The van der Waals surface area contributed by atoms with Crippen molar-refractivity contribution in [3.8, 4) is 11.5 Å². The maximum atomic E-state index is 12.8. The van der Waals surface area contributed by atoms with Crippen molar-refractivity contribution in [3.05, 3.63) is 58.6 Å². The molecule has 2 amide bonds. The molecule has 1 fully saturated rings. The van der Waals surface area contributed by atoms with E-state index in [2.05, 4.69) is 5.43 Å². The van der Waals surface area contributed by atoms with Gasteiger partial charge in [0.15, 0.2) is 11.5 Å². The highest BCUT2D eigenvalue weighted by atomic mass is 35.5. The molecule has 1 N–H and O–H groups in total. The summed E-state index contributed by atoms with van der Waals surface area (Å²) in [7, 11) is 0. The Bertz CT molecular complexity index is 943. The van der Waals surface area contributed by atoms with Gasteiger partial charge in [0.05, 0.1) is 23.4 Å². The van der Waals surface area contributed by atoms with Gasteiger partial charge in [-0.05, 0) is 56.2 Å². The van der Waals surface area contributed by atoms with Crippen LogP contribution in [0.2, 0.25) is 5.02 Å². The number of benzene rings is 2. The number of nitrogens with zero attached hydrogens (tertiary/aromatic N) is 1. The van der Waals surface area contributed by atoms with Gasteiger partial charge in [0.2, 0.25) is 0 Å². The minimum atomic E-state index is -0.479. The van der Waals surface area contributed by atoms with Gasteiger partial charge in [-0.3, -0.25) is 15.0 Å². The fourth-order valence-corrected chi connectivity index (χ4v) is 3.08. The van der Waals surface area contributed by atoms with Gasteiger partial charge in [-0.2, -0.15) is 0 Å². The van der Waals surface area contributed by atoms with E-state index in [9.17, 15) is 9.59 Å². The Labute approximate surface area is 175 Å². The summed E-state index contributed by atoms with van der Waals surface area (Å²) in [5.74, 6) is 0.0131. The number of amides is 2. The average molecular weight is 415 g/mol. The van der Waals surface area contributed by atoms with Gasteiger partial charge >= 0.3 is 0 Å². The molecule has 0 bridgehead atoms. The Kier molecular flexibility index (Phi) is 6.44. The van der Waals surface area contributed by atoms with Crippen molar-refractivity contribution in [2.24, 2.45) is 0 Å². The molecule has 1 atom stereocenters. The third-order valence-electron chi connectivity index (χ3n) is 4.44. The van der Waals surface area contributed by atoms with Crippen LogP contribution in [-0.4, -0.2) is 24.5 Å². The minimum absolute atomic E-state index is 0.0166. The Hall–Kier alpha value is -2.99. The molecule has 0 spiro atoms. The van der Waals surface area contributed by atoms with Crippen LogP contribution < -0.4 is 19.9 Å². The number of halogens is 1.